The molecule has 68 valence electrons. The average Bonchev–Trinajstić information content (AvgIpc) is 2.47. The van der Waals surface area contributed by atoms with Crippen molar-refractivity contribution in [1.82, 2.24) is 3.96 Å². The molecule has 0 aliphatic heterocycles. The van der Waals surface area contributed by atoms with E-state index in [1.165, 1.54) is 24.4 Å². The molecule has 0 amide bonds. The van der Waals surface area contributed by atoms with E-state index < -0.39 is 0 Å². The van der Waals surface area contributed by atoms with E-state index >= 15 is 0 Å². The summed E-state index contributed by atoms with van der Waals surface area (Å²) in [5, 5.41) is 1.85. The highest BCUT2D eigenvalue weighted by atomic mass is 32.1. The predicted molar refractivity (Wildman–Crippen MR) is 52.8 cm³/mol. The molecule has 0 saturated heterocycles. The van der Waals surface area contributed by atoms with Crippen LogP contribution < -0.4 is 5.56 Å². The summed E-state index contributed by atoms with van der Waals surface area (Å²) in [7, 11) is 0. The van der Waals surface area contributed by atoms with Crippen molar-refractivity contribution in [3.05, 3.63) is 21.8 Å². The molecular weight excluding hydrogens is 170 g/mol. The van der Waals surface area contributed by atoms with Crippen molar-refractivity contribution in [3.8, 4) is 0 Å². The van der Waals surface area contributed by atoms with Gasteiger partial charge in [-0.05, 0) is 13.3 Å². The van der Waals surface area contributed by atoms with E-state index in [4.69, 9.17) is 0 Å². The van der Waals surface area contributed by atoms with Gasteiger partial charge in [-0.25, -0.2) is 0 Å². The topological polar surface area (TPSA) is 22.0 Å². The Hall–Kier alpha value is -0.570. The second-order valence-electron chi connectivity index (χ2n) is 3.06. The molecule has 0 radical (unpaired) electrons. The Labute approximate surface area is 77.0 Å². The van der Waals surface area contributed by atoms with Gasteiger partial charge in [-0.2, -0.15) is 0 Å². The first-order valence-electron chi connectivity index (χ1n) is 4.42. The van der Waals surface area contributed by atoms with Crippen molar-refractivity contribution < 1.29 is 0 Å². The molecule has 0 spiro atoms. The maximum atomic E-state index is 11.2. The molecule has 1 aromatic heterocycles. The first-order chi connectivity index (χ1) is 5.75. The van der Waals surface area contributed by atoms with Crippen molar-refractivity contribution in [2.45, 2.75) is 39.2 Å². The van der Waals surface area contributed by atoms with E-state index in [0.717, 1.165) is 6.42 Å². The lowest BCUT2D eigenvalue weighted by Gasteiger charge is -2.09. The van der Waals surface area contributed by atoms with Gasteiger partial charge in [-0.1, -0.05) is 31.3 Å². The number of rotatable bonds is 4. The molecule has 0 saturated carbocycles. The minimum Gasteiger partial charge on any atom is -0.268 e. The minimum absolute atomic E-state index is 0.142. The second kappa shape index (κ2) is 4.45. The summed E-state index contributed by atoms with van der Waals surface area (Å²) in [5.41, 5.74) is 0.142. The Bertz CT molecular complexity index is 276. The fraction of sp³-hybridized carbons (Fsp3) is 0.667. The lowest BCUT2D eigenvalue weighted by Crippen LogP contribution is -2.15. The highest BCUT2D eigenvalue weighted by molar-refractivity contribution is 7.04. The zero-order valence-corrected chi connectivity index (χ0v) is 8.43. The summed E-state index contributed by atoms with van der Waals surface area (Å²) in [6.45, 7) is 4.28. The highest BCUT2D eigenvalue weighted by Crippen LogP contribution is 2.14. The Kier molecular flexibility index (Phi) is 3.53. The van der Waals surface area contributed by atoms with E-state index in [0.29, 0.717) is 6.04 Å². The van der Waals surface area contributed by atoms with E-state index in [1.807, 2.05) is 9.34 Å². The normalized spacial score (nSPS) is 13.2. The van der Waals surface area contributed by atoms with Crippen molar-refractivity contribution in [2.24, 2.45) is 0 Å². The Morgan fingerprint density at radius 3 is 2.92 bits per heavy atom. The summed E-state index contributed by atoms with van der Waals surface area (Å²) in [6.07, 6.45) is 3.51. The Morgan fingerprint density at radius 1 is 1.67 bits per heavy atom. The van der Waals surface area contributed by atoms with Crippen LogP contribution in [0.5, 0.6) is 0 Å². The Morgan fingerprint density at radius 2 is 2.42 bits per heavy atom. The van der Waals surface area contributed by atoms with Crippen molar-refractivity contribution >= 4 is 11.5 Å². The van der Waals surface area contributed by atoms with Gasteiger partial charge in [0.1, 0.15) is 0 Å². The summed E-state index contributed by atoms with van der Waals surface area (Å²) in [4.78, 5) is 11.2. The number of unbranched alkanes of at least 4 members (excludes halogenated alkanes) is 1. The van der Waals surface area contributed by atoms with Crippen molar-refractivity contribution in [3.63, 3.8) is 0 Å². The molecule has 1 aromatic rings. The standard InChI is InChI=1S/C9H15NOS/c1-3-4-5-8(2)10-9(11)6-7-12-10/h6-8H,3-5H2,1-2H3. The fourth-order valence-corrected chi connectivity index (χ4v) is 2.00. The molecular formula is C9H15NOS. The molecule has 1 atom stereocenters. The van der Waals surface area contributed by atoms with Crippen LogP contribution in [0.25, 0.3) is 0 Å². The van der Waals surface area contributed by atoms with Gasteiger partial charge < -0.3 is 0 Å². The van der Waals surface area contributed by atoms with Gasteiger partial charge in [0.2, 0.25) is 0 Å². The van der Waals surface area contributed by atoms with Crippen LogP contribution in [-0.2, 0) is 0 Å². The first-order valence-corrected chi connectivity index (χ1v) is 5.26. The van der Waals surface area contributed by atoms with Crippen molar-refractivity contribution in [1.29, 1.82) is 0 Å². The largest absolute Gasteiger partial charge is 0.268 e. The van der Waals surface area contributed by atoms with Gasteiger partial charge in [0, 0.05) is 17.5 Å². The molecule has 0 aromatic carbocycles. The molecule has 1 heterocycles. The molecule has 3 heteroatoms. The zero-order valence-electron chi connectivity index (χ0n) is 7.62. The van der Waals surface area contributed by atoms with Gasteiger partial charge in [-0.15, -0.1) is 0 Å². The zero-order chi connectivity index (χ0) is 8.97. The Balaban J connectivity index is 2.59. The predicted octanol–water partition coefficient (Wildman–Crippen LogP) is 2.66. The molecule has 0 fully saturated rings. The van der Waals surface area contributed by atoms with Gasteiger partial charge in [-0.3, -0.25) is 8.75 Å². The van der Waals surface area contributed by atoms with E-state index in [2.05, 4.69) is 13.8 Å². The molecule has 0 N–H and O–H groups in total. The summed E-state index contributed by atoms with van der Waals surface area (Å²) in [5.74, 6) is 0. The quantitative estimate of drug-likeness (QED) is 0.707. The molecule has 0 bridgehead atoms. The monoisotopic (exact) mass is 185 g/mol. The smallest absolute Gasteiger partial charge is 0.260 e. The summed E-state index contributed by atoms with van der Waals surface area (Å²) >= 11 is 1.51. The van der Waals surface area contributed by atoms with E-state index in [1.54, 1.807) is 6.07 Å². The summed E-state index contributed by atoms with van der Waals surface area (Å²) in [6, 6.07) is 2.00. The van der Waals surface area contributed by atoms with Crippen LogP contribution in [0.4, 0.5) is 0 Å². The van der Waals surface area contributed by atoms with Gasteiger partial charge in [0.15, 0.2) is 0 Å². The number of hydrogen-bond donors (Lipinski definition) is 0. The minimum atomic E-state index is 0.142. The van der Waals surface area contributed by atoms with Crippen molar-refractivity contribution in [2.75, 3.05) is 0 Å². The molecule has 1 rings (SSSR count). The van der Waals surface area contributed by atoms with Crippen LogP contribution in [0, 0.1) is 0 Å². The first kappa shape index (κ1) is 9.52. The van der Waals surface area contributed by atoms with Crippen LogP contribution in [0.3, 0.4) is 0 Å². The van der Waals surface area contributed by atoms with Crippen LogP contribution in [-0.4, -0.2) is 3.96 Å². The molecule has 12 heavy (non-hydrogen) atoms. The molecule has 0 aliphatic rings. The third kappa shape index (κ3) is 2.21. The van der Waals surface area contributed by atoms with E-state index in [9.17, 15) is 4.79 Å². The molecule has 2 nitrogen and oxygen atoms in total. The SMILES string of the molecule is CCCCC(C)n1sccc1=O. The number of hydrogen-bond acceptors (Lipinski definition) is 2. The lowest BCUT2D eigenvalue weighted by atomic mass is 10.1. The number of aromatic nitrogens is 1. The van der Waals surface area contributed by atoms with Crippen LogP contribution in [0.15, 0.2) is 16.2 Å². The maximum Gasteiger partial charge on any atom is 0.260 e. The third-order valence-corrected chi connectivity index (χ3v) is 3.00. The average molecular weight is 185 g/mol. The molecule has 1 unspecified atom stereocenters. The third-order valence-electron chi connectivity index (χ3n) is 1.98. The van der Waals surface area contributed by atoms with Crippen LogP contribution in [0.2, 0.25) is 0 Å². The van der Waals surface area contributed by atoms with Gasteiger partial charge >= 0.3 is 0 Å². The fourth-order valence-electron chi connectivity index (χ4n) is 1.22. The summed E-state index contributed by atoms with van der Waals surface area (Å²) < 4.78 is 1.84. The number of nitrogens with zero attached hydrogens (tertiary/aromatic N) is 1. The highest BCUT2D eigenvalue weighted by Gasteiger charge is 2.05. The lowest BCUT2D eigenvalue weighted by molar-refractivity contribution is 0.505. The van der Waals surface area contributed by atoms with Gasteiger partial charge in [0.25, 0.3) is 5.56 Å². The maximum absolute atomic E-state index is 11.2. The van der Waals surface area contributed by atoms with Gasteiger partial charge in [0.05, 0.1) is 0 Å². The molecule has 0 aliphatic carbocycles. The second-order valence-corrected chi connectivity index (χ2v) is 3.94. The van der Waals surface area contributed by atoms with E-state index in [-0.39, 0.29) is 5.56 Å². The van der Waals surface area contributed by atoms with Crippen LogP contribution >= 0.6 is 11.5 Å². The van der Waals surface area contributed by atoms with Crippen LogP contribution in [0.1, 0.15) is 39.2 Å².